The molecule has 0 bridgehead atoms. The Morgan fingerprint density at radius 3 is 2.15 bits per heavy atom. The molecule has 26 heavy (non-hydrogen) atoms. The molecule has 0 saturated heterocycles. The van der Waals surface area contributed by atoms with E-state index in [1.807, 2.05) is 6.26 Å². The van der Waals surface area contributed by atoms with Gasteiger partial charge in [-0.15, -0.1) is 0 Å². The fraction of sp³-hybridized carbons (Fsp3) is 0.750. The lowest BCUT2D eigenvalue weighted by molar-refractivity contribution is -0.144. The average Bonchev–Trinajstić information content (AvgIpc) is 2.59. The number of rotatable bonds is 13. The summed E-state index contributed by atoms with van der Waals surface area (Å²) in [7, 11) is 0. The number of carbonyl (C=O) groups excluding carboxylic acids is 2. The highest BCUT2D eigenvalue weighted by Crippen LogP contribution is 2.09. The molecule has 4 atom stereocenters. The third kappa shape index (κ3) is 9.04. The van der Waals surface area contributed by atoms with E-state index in [1.54, 1.807) is 13.8 Å². The van der Waals surface area contributed by atoms with Gasteiger partial charge in [0.1, 0.15) is 12.1 Å². The van der Waals surface area contributed by atoms with Crippen molar-refractivity contribution >= 4 is 35.5 Å². The lowest BCUT2D eigenvalue weighted by Crippen LogP contribution is -2.55. The van der Waals surface area contributed by atoms with Gasteiger partial charge in [-0.1, -0.05) is 20.3 Å². The molecule has 6 N–H and O–H groups in total. The zero-order valence-corrected chi connectivity index (χ0v) is 16.2. The van der Waals surface area contributed by atoms with Crippen LogP contribution in [0.1, 0.15) is 39.5 Å². The van der Waals surface area contributed by atoms with Crippen LogP contribution in [-0.2, 0) is 19.2 Å². The Balaban J connectivity index is 5.09. The molecule has 0 heterocycles. The van der Waals surface area contributed by atoms with Gasteiger partial charge < -0.3 is 26.6 Å². The third-order valence-corrected chi connectivity index (χ3v) is 4.67. The summed E-state index contributed by atoms with van der Waals surface area (Å²) in [5.74, 6) is -3.27. The molecule has 0 rings (SSSR count). The first-order valence-electron chi connectivity index (χ1n) is 8.43. The van der Waals surface area contributed by atoms with E-state index < -0.39 is 41.9 Å². The Morgan fingerprint density at radius 1 is 1.08 bits per heavy atom. The Morgan fingerprint density at radius 2 is 1.69 bits per heavy atom. The number of hydrogen-bond acceptors (Lipinski definition) is 6. The molecule has 0 unspecified atom stereocenters. The van der Waals surface area contributed by atoms with Gasteiger partial charge in [0.05, 0.1) is 6.04 Å². The van der Waals surface area contributed by atoms with Crippen LogP contribution in [0.15, 0.2) is 0 Å². The maximum absolute atomic E-state index is 12.4. The maximum Gasteiger partial charge on any atom is 0.326 e. The largest absolute Gasteiger partial charge is 0.481 e. The van der Waals surface area contributed by atoms with Gasteiger partial charge in [-0.2, -0.15) is 11.8 Å². The monoisotopic (exact) mass is 391 g/mol. The molecule has 10 heteroatoms. The van der Waals surface area contributed by atoms with E-state index in [9.17, 15) is 24.3 Å². The number of carboxylic acid groups (broad SMARTS) is 2. The molecule has 0 spiro atoms. The summed E-state index contributed by atoms with van der Waals surface area (Å²) in [6, 6.07) is -3.11. The zero-order valence-electron chi connectivity index (χ0n) is 15.4. The molecule has 0 aliphatic carbocycles. The number of aliphatic carboxylic acids is 2. The molecule has 0 fully saturated rings. The van der Waals surface area contributed by atoms with Crippen molar-refractivity contribution in [2.24, 2.45) is 11.7 Å². The van der Waals surface area contributed by atoms with Crippen LogP contribution in [0, 0.1) is 5.92 Å². The van der Waals surface area contributed by atoms with Crippen molar-refractivity contribution in [3.63, 3.8) is 0 Å². The zero-order chi connectivity index (χ0) is 20.3. The number of thioether (sulfide) groups is 1. The van der Waals surface area contributed by atoms with Gasteiger partial charge in [-0.3, -0.25) is 14.4 Å². The summed E-state index contributed by atoms with van der Waals surface area (Å²) in [6.07, 6.45) is 2.30. The van der Waals surface area contributed by atoms with Gasteiger partial charge in [0.15, 0.2) is 0 Å². The standard InChI is InChI=1S/C16H29N3O6S/c1-4-9(2)13(16(24)25)19-15(23)11(5-6-12(20)21)18-14(22)10(17)7-8-26-3/h9-11,13H,4-8,17H2,1-3H3,(H,18,22)(H,19,23)(H,20,21)(H,24,25)/t9-,10-,11-,13-/m0/s1. The maximum atomic E-state index is 12.4. The molecule has 0 aliphatic heterocycles. The minimum atomic E-state index is -1.19. The molecular weight excluding hydrogens is 362 g/mol. The van der Waals surface area contributed by atoms with Crippen LogP contribution in [0.2, 0.25) is 0 Å². The number of nitrogens with one attached hydrogen (secondary N) is 2. The second-order valence-corrected chi connectivity index (χ2v) is 7.08. The number of hydrogen-bond donors (Lipinski definition) is 5. The predicted molar refractivity (Wildman–Crippen MR) is 98.8 cm³/mol. The van der Waals surface area contributed by atoms with E-state index >= 15 is 0 Å². The molecule has 150 valence electrons. The van der Waals surface area contributed by atoms with Gasteiger partial charge in [0.25, 0.3) is 0 Å². The van der Waals surface area contributed by atoms with Crippen LogP contribution >= 0.6 is 11.8 Å². The Kier molecular flexibility index (Phi) is 11.7. The van der Waals surface area contributed by atoms with E-state index in [2.05, 4.69) is 10.6 Å². The van der Waals surface area contributed by atoms with E-state index in [4.69, 9.17) is 10.8 Å². The van der Waals surface area contributed by atoms with Crippen molar-refractivity contribution in [2.75, 3.05) is 12.0 Å². The topological polar surface area (TPSA) is 159 Å². The van der Waals surface area contributed by atoms with Crippen molar-refractivity contribution < 1.29 is 29.4 Å². The van der Waals surface area contributed by atoms with Gasteiger partial charge in [-0.25, -0.2) is 4.79 Å². The summed E-state index contributed by atoms with van der Waals surface area (Å²) in [5.41, 5.74) is 5.76. The number of amides is 2. The van der Waals surface area contributed by atoms with Crippen molar-refractivity contribution in [1.82, 2.24) is 10.6 Å². The number of nitrogens with two attached hydrogens (primary N) is 1. The second-order valence-electron chi connectivity index (χ2n) is 6.09. The normalized spacial score (nSPS) is 15.4. The highest BCUT2D eigenvalue weighted by Gasteiger charge is 2.30. The highest BCUT2D eigenvalue weighted by atomic mass is 32.2. The van der Waals surface area contributed by atoms with E-state index in [1.165, 1.54) is 11.8 Å². The lowest BCUT2D eigenvalue weighted by atomic mass is 9.98. The molecule has 0 aromatic heterocycles. The molecule has 2 amide bonds. The smallest absolute Gasteiger partial charge is 0.326 e. The van der Waals surface area contributed by atoms with Crippen molar-refractivity contribution in [3.05, 3.63) is 0 Å². The minimum absolute atomic E-state index is 0.158. The van der Waals surface area contributed by atoms with Crippen LogP contribution in [0.5, 0.6) is 0 Å². The van der Waals surface area contributed by atoms with Crippen molar-refractivity contribution in [1.29, 1.82) is 0 Å². The fourth-order valence-electron chi connectivity index (χ4n) is 2.13. The molecule has 0 radical (unpaired) electrons. The SMILES string of the molecule is CC[C@H](C)[C@H](NC(=O)[C@H](CCC(=O)O)NC(=O)[C@@H](N)CCSC)C(=O)O. The first kappa shape index (κ1) is 24.2. The fourth-order valence-corrected chi connectivity index (χ4v) is 2.62. The number of carboxylic acids is 2. The molecule has 0 aromatic carbocycles. The quantitative estimate of drug-likeness (QED) is 0.294. The predicted octanol–water partition coefficient (Wildman–Crippen LogP) is 0.0319. The molecule has 0 aromatic rings. The molecule has 9 nitrogen and oxygen atoms in total. The summed E-state index contributed by atoms with van der Waals surface area (Å²) in [4.78, 5) is 46.7. The van der Waals surface area contributed by atoms with Crippen LogP contribution in [0.25, 0.3) is 0 Å². The second kappa shape index (κ2) is 12.5. The summed E-state index contributed by atoms with van der Waals surface area (Å²) < 4.78 is 0. The summed E-state index contributed by atoms with van der Waals surface area (Å²) >= 11 is 1.52. The Hall–Kier alpha value is -1.81. The van der Waals surface area contributed by atoms with Gasteiger partial charge in [0.2, 0.25) is 11.8 Å². The first-order valence-corrected chi connectivity index (χ1v) is 9.83. The third-order valence-electron chi connectivity index (χ3n) is 4.03. The van der Waals surface area contributed by atoms with Crippen LogP contribution < -0.4 is 16.4 Å². The average molecular weight is 391 g/mol. The molecule has 0 aliphatic rings. The summed E-state index contributed by atoms with van der Waals surface area (Å²) in [6.45, 7) is 3.48. The first-order chi connectivity index (χ1) is 12.1. The van der Waals surface area contributed by atoms with Gasteiger partial charge >= 0.3 is 11.9 Å². The van der Waals surface area contributed by atoms with E-state index in [-0.39, 0.29) is 18.8 Å². The van der Waals surface area contributed by atoms with E-state index in [0.29, 0.717) is 18.6 Å². The number of carbonyl (C=O) groups is 4. The highest BCUT2D eigenvalue weighted by molar-refractivity contribution is 7.98. The van der Waals surface area contributed by atoms with Crippen LogP contribution in [-0.4, -0.2) is 64.1 Å². The summed E-state index contributed by atoms with van der Waals surface area (Å²) in [5, 5.41) is 22.9. The van der Waals surface area contributed by atoms with Gasteiger partial charge in [-0.05, 0) is 30.8 Å². The van der Waals surface area contributed by atoms with Crippen molar-refractivity contribution in [3.8, 4) is 0 Å². The Labute approximate surface area is 157 Å². The van der Waals surface area contributed by atoms with Gasteiger partial charge in [0, 0.05) is 6.42 Å². The van der Waals surface area contributed by atoms with E-state index in [0.717, 1.165) is 0 Å². The van der Waals surface area contributed by atoms with Crippen LogP contribution in [0.3, 0.4) is 0 Å². The Bertz CT molecular complexity index is 502. The lowest BCUT2D eigenvalue weighted by Gasteiger charge is -2.25. The molecular formula is C16H29N3O6S. The van der Waals surface area contributed by atoms with Crippen LogP contribution in [0.4, 0.5) is 0 Å². The molecule has 0 saturated carbocycles. The minimum Gasteiger partial charge on any atom is -0.481 e. The van der Waals surface area contributed by atoms with Crippen molar-refractivity contribution in [2.45, 2.75) is 57.7 Å².